The molecule has 0 amide bonds. The molecule has 0 bridgehead atoms. The van der Waals surface area contributed by atoms with Crippen molar-refractivity contribution in [1.29, 1.82) is 0 Å². The second-order valence-corrected chi connectivity index (χ2v) is 5.46. The number of aliphatic imine (C=N–C) groups is 1. The van der Waals surface area contributed by atoms with Gasteiger partial charge in [0.05, 0.1) is 11.4 Å². The number of hydrogen-bond acceptors (Lipinski definition) is 1. The van der Waals surface area contributed by atoms with Crippen molar-refractivity contribution in [2.45, 2.75) is 0 Å². The van der Waals surface area contributed by atoms with Crippen LogP contribution in [0.2, 0.25) is 5.02 Å². The maximum atomic E-state index is 5.94. The summed E-state index contributed by atoms with van der Waals surface area (Å²) in [5.41, 5.74) is 6.83. The second kappa shape index (κ2) is 4.87. The molecule has 1 aliphatic rings. The average molecular weight is 290 g/mol. The monoisotopic (exact) mass is 289 g/mol. The van der Waals surface area contributed by atoms with Gasteiger partial charge in [0.2, 0.25) is 0 Å². The zero-order valence-corrected chi connectivity index (χ0v) is 12.0. The fraction of sp³-hybridized carbons (Fsp3) is 0. The van der Waals surface area contributed by atoms with Gasteiger partial charge in [-0.05, 0) is 35.4 Å². The van der Waals surface area contributed by atoms with Crippen molar-refractivity contribution in [3.63, 3.8) is 0 Å². The molecular weight excluding hydrogens is 278 g/mol. The van der Waals surface area contributed by atoms with Crippen LogP contribution < -0.4 is 0 Å². The molecular formula is C19H12ClN. The van der Waals surface area contributed by atoms with E-state index in [9.17, 15) is 0 Å². The summed E-state index contributed by atoms with van der Waals surface area (Å²) in [4.78, 5) is 4.84. The third-order valence-electron chi connectivity index (χ3n) is 3.72. The zero-order chi connectivity index (χ0) is 14.2. The fourth-order valence-electron chi connectivity index (χ4n) is 2.76. The highest BCUT2D eigenvalue weighted by atomic mass is 35.5. The Morgan fingerprint density at radius 2 is 1.05 bits per heavy atom. The molecule has 2 heteroatoms. The minimum absolute atomic E-state index is 0.728. The Labute approximate surface area is 128 Å². The van der Waals surface area contributed by atoms with E-state index < -0.39 is 0 Å². The van der Waals surface area contributed by atoms with Crippen LogP contribution in [0.4, 0.5) is 5.69 Å². The highest BCUT2D eigenvalue weighted by molar-refractivity contribution is 6.30. The van der Waals surface area contributed by atoms with E-state index in [0.717, 1.165) is 16.4 Å². The van der Waals surface area contributed by atoms with E-state index in [0.29, 0.717) is 0 Å². The first-order valence-electron chi connectivity index (χ1n) is 6.86. The van der Waals surface area contributed by atoms with Gasteiger partial charge >= 0.3 is 0 Å². The average Bonchev–Trinajstić information content (AvgIpc) is 2.85. The lowest BCUT2D eigenvalue weighted by atomic mass is 10.1. The number of benzene rings is 3. The quantitative estimate of drug-likeness (QED) is 0.439. The Balaban J connectivity index is 1.94. The van der Waals surface area contributed by atoms with Gasteiger partial charge in [0.1, 0.15) is 0 Å². The van der Waals surface area contributed by atoms with E-state index in [4.69, 9.17) is 16.6 Å². The van der Waals surface area contributed by atoms with E-state index >= 15 is 0 Å². The highest BCUT2D eigenvalue weighted by Gasteiger charge is 2.23. The molecule has 4 rings (SSSR count). The molecule has 0 aromatic heterocycles. The van der Waals surface area contributed by atoms with Crippen LogP contribution in [-0.2, 0) is 0 Å². The molecule has 1 nitrogen and oxygen atoms in total. The van der Waals surface area contributed by atoms with Crippen molar-refractivity contribution >= 4 is 23.0 Å². The van der Waals surface area contributed by atoms with Crippen LogP contribution in [-0.4, -0.2) is 5.71 Å². The summed E-state index contributed by atoms with van der Waals surface area (Å²) < 4.78 is 0. The number of hydrogen-bond donors (Lipinski definition) is 0. The standard InChI is InChI=1S/C19H12ClN/c20-13-9-11-14(12-10-13)21-19-17-7-3-1-5-15(17)16-6-2-4-8-18(16)19/h1-12H. The molecule has 1 aliphatic carbocycles. The minimum atomic E-state index is 0.728. The molecule has 0 spiro atoms. The predicted octanol–water partition coefficient (Wildman–Crippen LogP) is 5.49. The lowest BCUT2D eigenvalue weighted by Crippen LogP contribution is -1.97. The first kappa shape index (κ1) is 12.4. The molecule has 0 saturated heterocycles. The molecule has 0 saturated carbocycles. The molecule has 0 N–H and O–H groups in total. The molecule has 100 valence electrons. The van der Waals surface area contributed by atoms with Crippen molar-refractivity contribution < 1.29 is 0 Å². The minimum Gasteiger partial charge on any atom is -0.248 e. The summed E-state index contributed by atoms with van der Waals surface area (Å²) in [5.74, 6) is 0. The van der Waals surface area contributed by atoms with Gasteiger partial charge in [-0.3, -0.25) is 0 Å². The second-order valence-electron chi connectivity index (χ2n) is 5.03. The topological polar surface area (TPSA) is 12.4 Å². The Morgan fingerprint density at radius 1 is 0.571 bits per heavy atom. The zero-order valence-electron chi connectivity index (χ0n) is 11.3. The Kier molecular flexibility index (Phi) is 2.87. The van der Waals surface area contributed by atoms with E-state index in [1.807, 2.05) is 24.3 Å². The summed E-state index contributed by atoms with van der Waals surface area (Å²) in [6, 6.07) is 24.4. The Bertz CT molecular complexity index is 800. The first-order valence-corrected chi connectivity index (χ1v) is 7.24. The predicted molar refractivity (Wildman–Crippen MR) is 88.6 cm³/mol. The van der Waals surface area contributed by atoms with Gasteiger partial charge < -0.3 is 0 Å². The van der Waals surface area contributed by atoms with Crippen molar-refractivity contribution in [3.05, 3.63) is 88.9 Å². The van der Waals surface area contributed by atoms with E-state index in [2.05, 4.69) is 48.5 Å². The smallest absolute Gasteiger partial charge is 0.0794 e. The van der Waals surface area contributed by atoms with E-state index in [1.165, 1.54) is 22.3 Å². The third-order valence-corrected chi connectivity index (χ3v) is 3.97. The van der Waals surface area contributed by atoms with Crippen LogP contribution in [0.25, 0.3) is 11.1 Å². The van der Waals surface area contributed by atoms with Crippen LogP contribution >= 0.6 is 11.6 Å². The summed E-state index contributed by atoms with van der Waals surface area (Å²) in [5, 5.41) is 0.728. The van der Waals surface area contributed by atoms with Crippen molar-refractivity contribution in [3.8, 4) is 11.1 Å². The van der Waals surface area contributed by atoms with Gasteiger partial charge in [-0.25, -0.2) is 4.99 Å². The fourth-order valence-corrected chi connectivity index (χ4v) is 2.89. The van der Waals surface area contributed by atoms with Gasteiger partial charge in [0.25, 0.3) is 0 Å². The number of rotatable bonds is 1. The van der Waals surface area contributed by atoms with Gasteiger partial charge in [-0.2, -0.15) is 0 Å². The number of fused-ring (bicyclic) bond motifs is 3. The SMILES string of the molecule is Clc1ccc(N=C2c3ccccc3-c3ccccc32)cc1. The molecule has 3 aromatic carbocycles. The normalized spacial score (nSPS) is 12.0. The van der Waals surface area contributed by atoms with Crippen LogP contribution in [0.1, 0.15) is 11.1 Å². The molecule has 0 atom stereocenters. The van der Waals surface area contributed by atoms with E-state index in [-0.39, 0.29) is 0 Å². The van der Waals surface area contributed by atoms with Crippen molar-refractivity contribution in [2.24, 2.45) is 4.99 Å². The van der Waals surface area contributed by atoms with Crippen LogP contribution in [0.5, 0.6) is 0 Å². The first-order chi connectivity index (χ1) is 10.3. The van der Waals surface area contributed by atoms with Gasteiger partial charge in [0.15, 0.2) is 0 Å². The Hall–Kier alpha value is -2.38. The van der Waals surface area contributed by atoms with E-state index in [1.54, 1.807) is 0 Å². The number of nitrogens with zero attached hydrogens (tertiary/aromatic N) is 1. The molecule has 0 aliphatic heterocycles. The maximum absolute atomic E-state index is 5.94. The van der Waals surface area contributed by atoms with Crippen LogP contribution in [0.15, 0.2) is 77.8 Å². The third kappa shape index (κ3) is 2.07. The summed E-state index contributed by atoms with van der Waals surface area (Å²) in [7, 11) is 0. The largest absolute Gasteiger partial charge is 0.248 e. The van der Waals surface area contributed by atoms with Crippen LogP contribution in [0.3, 0.4) is 0 Å². The van der Waals surface area contributed by atoms with Crippen molar-refractivity contribution in [1.82, 2.24) is 0 Å². The molecule has 0 radical (unpaired) electrons. The van der Waals surface area contributed by atoms with Gasteiger partial charge in [-0.15, -0.1) is 0 Å². The molecule has 0 unspecified atom stereocenters. The lowest BCUT2D eigenvalue weighted by molar-refractivity contribution is 1.50. The van der Waals surface area contributed by atoms with Crippen molar-refractivity contribution in [2.75, 3.05) is 0 Å². The van der Waals surface area contributed by atoms with Gasteiger partial charge in [0, 0.05) is 16.1 Å². The summed E-state index contributed by atoms with van der Waals surface area (Å²) >= 11 is 5.94. The summed E-state index contributed by atoms with van der Waals surface area (Å²) in [6.07, 6.45) is 0. The Morgan fingerprint density at radius 3 is 1.57 bits per heavy atom. The highest BCUT2D eigenvalue weighted by Crippen LogP contribution is 2.37. The summed E-state index contributed by atoms with van der Waals surface area (Å²) in [6.45, 7) is 0. The molecule has 0 heterocycles. The molecule has 0 fully saturated rings. The molecule has 21 heavy (non-hydrogen) atoms. The number of halogens is 1. The molecule has 3 aromatic rings. The van der Waals surface area contributed by atoms with Gasteiger partial charge in [-0.1, -0.05) is 60.1 Å². The van der Waals surface area contributed by atoms with Crippen LogP contribution in [0, 0.1) is 0 Å². The maximum Gasteiger partial charge on any atom is 0.0794 e. The lowest BCUT2D eigenvalue weighted by Gasteiger charge is -2.02.